The van der Waals surface area contributed by atoms with E-state index in [0.717, 1.165) is 0 Å². The summed E-state index contributed by atoms with van der Waals surface area (Å²) < 4.78 is 42.8. The Labute approximate surface area is 128 Å². The van der Waals surface area contributed by atoms with E-state index >= 15 is 0 Å². The minimum atomic E-state index is -5.04. The van der Waals surface area contributed by atoms with E-state index in [-0.39, 0.29) is 16.4 Å². The second-order valence-corrected chi connectivity index (χ2v) is 5.82. The average Bonchev–Trinajstić information content (AvgIpc) is 2.26. The fraction of sp³-hybridized carbons (Fsp3) is 0.100. The molecule has 0 saturated carbocycles. The van der Waals surface area contributed by atoms with Crippen LogP contribution in [0.15, 0.2) is 27.1 Å². The van der Waals surface area contributed by atoms with Gasteiger partial charge in [0.1, 0.15) is 10.7 Å². The molecule has 1 aromatic carbocycles. The van der Waals surface area contributed by atoms with Crippen LogP contribution in [0.2, 0.25) is 5.15 Å². The highest BCUT2D eigenvalue weighted by atomic mass is 79.9. The molecule has 1 aromatic heterocycles. The predicted octanol–water partition coefficient (Wildman–Crippen LogP) is 5.18. The number of benzene rings is 1. The maximum atomic E-state index is 12.3. The third-order valence-electron chi connectivity index (χ3n) is 2.22. The Balaban J connectivity index is 2.55. The first kappa shape index (κ1) is 14.9. The Morgan fingerprint density at radius 1 is 1.21 bits per heavy atom. The van der Waals surface area contributed by atoms with Crippen LogP contribution in [0.4, 0.5) is 12.9 Å². The molecule has 0 spiro atoms. The number of halogens is 6. The lowest BCUT2D eigenvalue weighted by molar-refractivity contribution is 0.314. The third-order valence-corrected chi connectivity index (χ3v) is 3.68. The van der Waals surface area contributed by atoms with E-state index in [1.54, 1.807) is 18.2 Å². The third kappa shape index (κ3) is 3.55. The van der Waals surface area contributed by atoms with Crippen LogP contribution in [-0.4, -0.2) is 18.5 Å². The fourth-order valence-corrected chi connectivity index (χ4v) is 3.02. The lowest BCUT2D eigenvalue weighted by atomic mass is 9.95. The van der Waals surface area contributed by atoms with Crippen molar-refractivity contribution in [1.82, 2.24) is 4.98 Å². The minimum absolute atomic E-state index is 0.0277. The molecule has 0 fully saturated rings. The number of ether oxygens (including phenoxy) is 1. The van der Waals surface area contributed by atoms with Gasteiger partial charge in [-0.25, -0.2) is 4.98 Å². The number of rotatable bonds is 3. The van der Waals surface area contributed by atoms with Crippen molar-refractivity contribution < 1.29 is 17.7 Å². The van der Waals surface area contributed by atoms with Gasteiger partial charge in [-0.1, -0.05) is 27.5 Å². The van der Waals surface area contributed by atoms with Crippen LogP contribution in [0.3, 0.4) is 0 Å². The quantitative estimate of drug-likeness (QED) is 0.507. The largest absolute Gasteiger partial charge is 0.519 e. The van der Waals surface area contributed by atoms with E-state index in [2.05, 4.69) is 36.8 Å². The number of nitrogens with zero attached hydrogens (tertiary/aromatic N) is 1. The van der Waals surface area contributed by atoms with Gasteiger partial charge in [0.2, 0.25) is 0 Å². The smallest absolute Gasteiger partial charge is 0.515 e. The van der Waals surface area contributed by atoms with Crippen molar-refractivity contribution >= 4 is 61.3 Å². The van der Waals surface area contributed by atoms with E-state index in [9.17, 15) is 12.9 Å². The van der Waals surface area contributed by atoms with Crippen molar-refractivity contribution in [2.24, 2.45) is 0 Å². The molecule has 0 aliphatic heterocycles. The highest BCUT2D eigenvalue weighted by Gasteiger charge is 2.25. The van der Waals surface area contributed by atoms with Crippen LogP contribution in [0.25, 0.3) is 10.9 Å². The van der Waals surface area contributed by atoms with Crippen LogP contribution in [0, 0.1) is 0 Å². The van der Waals surface area contributed by atoms with Gasteiger partial charge in [0.25, 0.3) is 0 Å². The molecule has 9 heteroatoms. The molecule has 1 heterocycles. The zero-order valence-corrected chi connectivity index (χ0v) is 13.1. The molecule has 19 heavy (non-hydrogen) atoms. The molecule has 102 valence electrons. The normalized spacial score (nSPS) is 11.9. The van der Waals surface area contributed by atoms with Crippen LogP contribution >= 0.6 is 43.5 Å². The standard InChI is InChI=1S/C10H5BBr2ClF3NO/c12-6-3-7(13)10(19-4-11(15,16)17)9-5(6)1-2-8(14)18-9/h1-3H,4H2/q-1. The van der Waals surface area contributed by atoms with E-state index in [0.29, 0.717) is 14.3 Å². The number of fused-ring (bicyclic) bond motifs is 1. The highest BCUT2D eigenvalue weighted by molar-refractivity contribution is 9.11. The summed E-state index contributed by atoms with van der Waals surface area (Å²) in [4.78, 5) is 4.02. The molecule has 0 atom stereocenters. The Morgan fingerprint density at radius 2 is 1.89 bits per heavy atom. The number of aromatic nitrogens is 1. The highest BCUT2D eigenvalue weighted by Crippen LogP contribution is 2.38. The second-order valence-electron chi connectivity index (χ2n) is 3.72. The molecule has 0 unspecified atom stereocenters. The van der Waals surface area contributed by atoms with Gasteiger partial charge in [-0.2, -0.15) is 0 Å². The molecular weight excluding hydrogens is 413 g/mol. The van der Waals surface area contributed by atoms with Crippen molar-refractivity contribution in [3.8, 4) is 5.75 Å². The zero-order valence-electron chi connectivity index (χ0n) is 9.14. The van der Waals surface area contributed by atoms with Gasteiger partial charge >= 0.3 is 6.98 Å². The molecule has 0 aliphatic carbocycles. The zero-order chi connectivity index (χ0) is 14.2. The van der Waals surface area contributed by atoms with Crippen molar-refractivity contribution in [3.63, 3.8) is 0 Å². The van der Waals surface area contributed by atoms with Crippen molar-refractivity contribution in [3.05, 3.63) is 32.3 Å². The molecule has 0 amide bonds. The summed E-state index contributed by atoms with van der Waals surface area (Å²) in [5.41, 5.74) is 0.272. The fourth-order valence-electron chi connectivity index (χ4n) is 1.48. The molecule has 0 N–H and O–H groups in total. The van der Waals surface area contributed by atoms with Crippen molar-refractivity contribution in [1.29, 1.82) is 0 Å². The van der Waals surface area contributed by atoms with Crippen molar-refractivity contribution in [2.45, 2.75) is 0 Å². The van der Waals surface area contributed by atoms with Gasteiger partial charge in [0.15, 0.2) is 5.75 Å². The van der Waals surface area contributed by atoms with E-state index in [1.165, 1.54) is 0 Å². The first-order chi connectivity index (χ1) is 8.78. The Bertz CT molecular complexity index is 638. The maximum Gasteiger partial charge on any atom is 0.515 e. The Kier molecular flexibility index (Phi) is 4.32. The van der Waals surface area contributed by atoms with E-state index < -0.39 is 13.5 Å². The second kappa shape index (κ2) is 5.50. The monoisotopic (exact) mass is 416 g/mol. The summed E-state index contributed by atoms with van der Waals surface area (Å²) in [6, 6.07) is 4.82. The average molecular weight is 418 g/mol. The SMILES string of the molecule is F[B-](F)(F)COc1c(Br)cc(Br)c2ccc(Cl)nc12. The molecule has 2 rings (SSSR count). The number of pyridine rings is 1. The van der Waals surface area contributed by atoms with Gasteiger partial charge in [-0.05, 0) is 34.1 Å². The van der Waals surface area contributed by atoms with Gasteiger partial charge in [-0.3, -0.25) is 0 Å². The lowest BCUT2D eigenvalue weighted by Crippen LogP contribution is -2.26. The molecular formula is C10H5BBr2ClF3NO-. The van der Waals surface area contributed by atoms with Gasteiger partial charge < -0.3 is 17.7 Å². The number of hydrogen-bond acceptors (Lipinski definition) is 2. The summed E-state index contributed by atoms with van der Waals surface area (Å²) in [5.74, 6) is 0.0277. The van der Waals surface area contributed by atoms with Crippen molar-refractivity contribution in [2.75, 3.05) is 6.51 Å². The Hall–Kier alpha value is -0.465. The Morgan fingerprint density at radius 3 is 2.53 bits per heavy atom. The molecule has 0 saturated heterocycles. The first-order valence-electron chi connectivity index (χ1n) is 5.06. The van der Waals surface area contributed by atoms with E-state index in [1.807, 2.05) is 0 Å². The molecule has 2 aromatic rings. The summed E-state index contributed by atoms with van der Waals surface area (Å²) in [7, 11) is 0. The topological polar surface area (TPSA) is 22.1 Å². The van der Waals surface area contributed by atoms with Gasteiger partial charge in [-0.15, -0.1) is 0 Å². The van der Waals surface area contributed by atoms with Crippen LogP contribution in [-0.2, 0) is 0 Å². The van der Waals surface area contributed by atoms with Crippen LogP contribution < -0.4 is 4.74 Å². The summed E-state index contributed by atoms with van der Waals surface area (Å²) in [6.45, 7) is -6.37. The predicted molar refractivity (Wildman–Crippen MR) is 76.7 cm³/mol. The van der Waals surface area contributed by atoms with Crippen LogP contribution in [0.1, 0.15) is 0 Å². The van der Waals surface area contributed by atoms with Gasteiger partial charge in [0.05, 0.1) is 11.0 Å². The molecule has 0 bridgehead atoms. The van der Waals surface area contributed by atoms with Crippen LogP contribution in [0.5, 0.6) is 5.75 Å². The summed E-state index contributed by atoms with van der Waals surface area (Å²) in [6.07, 6.45) is 0. The maximum absolute atomic E-state index is 12.3. The number of hydrogen-bond donors (Lipinski definition) is 0. The minimum Gasteiger partial charge on any atom is -0.519 e. The first-order valence-corrected chi connectivity index (χ1v) is 7.02. The molecule has 0 radical (unpaired) electrons. The molecule has 2 nitrogen and oxygen atoms in total. The van der Waals surface area contributed by atoms with Gasteiger partial charge in [0, 0.05) is 9.86 Å². The summed E-state index contributed by atoms with van der Waals surface area (Å²) >= 11 is 12.2. The summed E-state index contributed by atoms with van der Waals surface area (Å²) in [5, 5.41) is 0.803. The lowest BCUT2D eigenvalue weighted by Gasteiger charge is -2.17. The van der Waals surface area contributed by atoms with E-state index in [4.69, 9.17) is 16.3 Å². The molecule has 0 aliphatic rings.